The molecule has 0 spiro atoms. The molecule has 0 unspecified atom stereocenters. The van der Waals surface area contributed by atoms with Gasteiger partial charge in [-0.3, -0.25) is 4.79 Å². The third kappa shape index (κ3) is 3.52. The van der Waals surface area contributed by atoms with Crippen LogP contribution in [-0.4, -0.2) is 31.8 Å². The summed E-state index contributed by atoms with van der Waals surface area (Å²) in [5, 5.41) is 0.255. The molecule has 1 aromatic carbocycles. The van der Waals surface area contributed by atoms with Gasteiger partial charge < -0.3 is 4.90 Å². The van der Waals surface area contributed by atoms with Gasteiger partial charge in [-0.05, 0) is 49.8 Å². The third-order valence-corrected chi connectivity index (χ3v) is 5.53. The Morgan fingerprint density at radius 2 is 1.90 bits per heavy atom. The van der Waals surface area contributed by atoms with E-state index in [1.165, 1.54) is 18.2 Å². The highest BCUT2D eigenvalue weighted by molar-refractivity contribution is 8.13. The van der Waals surface area contributed by atoms with E-state index in [4.69, 9.17) is 22.3 Å². The summed E-state index contributed by atoms with van der Waals surface area (Å²) in [5.41, 5.74) is 0.214. The minimum Gasteiger partial charge on any atom is -0.335 e. The highest BCUT2D eigenvalue weighted by Crippen LogP contribution is 2.36. The predicted molar refractivity (Wildman–Crippen MR) is 81.3 cm³/mol. The van der Waals surface area contributed by atoms with Crippen molar-refractivity contribution in [1.82, 2.24) is 4.90 Å². The maximum absolute atomic E-state index is 12.7. The molecule has 2 aliphatic rings. The molecule has 7 heteroatoms. The van der Waals surface area contributed by atoms with Crippen LogP contribution >= 0.6 is 22.3 Å². The first-order valence-electron chi connectivity index (χ1n) is 6.91. The number of halogens is 2. The summed E-state index contributed by atoms with van der Waals surface area (Å²) in [4.78, 5) is 14.4. The van der Waals surface area contributed by atoms with Crippen LogP contribution in [0.3, 0.4) is 0 Å². The average Bonchev–Trinajstić information content (AvgIpc) is 3.26. The normalized spacial score (nSPS) is 18.6. The molecule has 1 amide bonds. The number of amides is 1. The first kappa shape index (κ1) is 15.1. The summed E-state index contributed by atoms with van der Waals surface area (Å²) in [6, 6.07) is 4.26. The van der Waals surface area contributed by atoms with Gasteiger partial charge in [-0.1, -0.05) is 11.6 Å². The Kier molecular flexibility index (Phi) is 3.93. The van der Waals surface area contributed by atoms with E-state index in [-0.39, 0.29) is 27.4 Å². The van der Waals surface area contributed by atoms with E-state index in [1.807, 2.05) is 4.90 Å². The van der Waals surface area contributed by atoms with Gasteiger partial charge in [0.1, 0.15) is 0 Å². The monoisotopic (exact) mass is 347 g/mol. The molecule has 2 saturated carbocycles. The van der Waals surface area contributed by atoms with Crippen LogP contribution in [0.15, 0.2) is 23.1 Å². The van der Waals surface area contributed by atoms with Crippen molar-refractivity contribution >= 4 is 37.2 Å². The molecular formula is C14H15Cl2NO3S. The quantitative estimate of drug-likeness (QED) is 0.768. The molecule has 0 bridgehead atoms. The summed E-state index contributed by atoms with van der Waals surface area (Å²) >= 11 is 6.08. The average molecular weight is 348 g/mol. The maximum Gasteiger partial charge on any atom is 0.261 e. The lowest BCUT2D eigenvalue weighted by atomic mass is 10.2. The van der Waals surface area contributed by atoms with Crippen LogP contribution in [0.25, 0.3) is 0 Å². The molecule has 4 nitrogen and oxygen atoms in total. The van der Waals surface area contributed by atoms with Crippen molar-refractivity contribution < 1.29 is 13.2 Å². The fourth-order valence-electron chi connectivity index (χ4n) is 2.34. The molecule has 2 fully saturated rings. The van der Waals surface area contributed by atoms with Gasteiger partial charge in [0, 0.05) is 23.3 Å². The van der Waals surface area contributed by atoms with Crippen molar-refractivity contribution in [3.63, 3.8) is 0 Å². The van der Waals surface area contributed by atoms with E-state index in [9.17, 15) is 13.2 Å². The Balaban J connectivity index is 1.91. The van der Waals surface area contributed by atoms with Crippen molar-refractivity contribution in [3.8, 4) is 0 Å². The minimum atomic E-state index is -3.87. The van der Waals surface area contributed by atoms with Crippen molar-refractivity contribution in [2.45, 2.75) is 36.6 Å². The first-order valence-corrected chi connectivity index (χ1v) is 9.60. The Hall–Kier alpha value is -0.780. The third-order valence-electron chi connectivity index (χ3n) is 3.85. The second-order valence-corrected chi connectivity index (χ2v) is 8.68. The highest BCUT2D eigenvalue weighted by Gasteiger charge is 2.37. The summed E-state index contributed by atoms with van der Waals surface area (Å²) in [7, 11) is 1.47. The standard InChI is InChI=1S/C14H15Cl2NO3S/c15-13-6-5-11(21(16,19)20)7-12(13)14(18)17(10-3-4-10)8-9-1-2-9/h5-7,9-10H,1-4,8H2. The molecular weight excluding hydrogens is 333 g/mol. The van der Waals surface area contributed by atoms with E-state index in [0.29, 0.717) is 5.92 Å². The molecule has 1 aromatic rings. The summed E-state index contributed by atoms with van der Waals surface area (Å²) < 4.78 is 22.8. The predicted octanol–water partition coefficient (Wildman–Crippen LogP) is 3.28. The van der Waals surface area contributed by atoms with Crippen LogP contribution in [-0.2, 0) is 9.05 Å². The zero-order valence-corrected chi connectivity index (χ0v) is 13.6. The lowest BCUT2D eigenvalue weighted by molar-refractivity contribution is 0.0734. The fourth-order valence-corrected chi connectivity index (χ4v) is 3.31. The number of carbonyl (C=O) groups excluding carboxylic acids is 1. The van der Waals surface area contributed by atoms with Gasteiger partial charge in [0.25, 0.3) is 15.0 Å². The van der Waals surface area contributed by atoms with Gasteiger partial charge in [-0.2, -0.15) is 0 Å². The molecule has 114 valence electrons. The number of hydrogen-bond acceptors (Lipinski definition) is 3. The van der Waals surface area contributed by atoms with Crippen molar-refractivity contribution in [3.05, 3.63) is 28.8 Å². The smallest absolute Gasteiger partial charge is 0.261 e. The Labute approximate surface area is 133 Å². The van der Waals surface area contributed by atoms with Crippen LogP contribution in [0.1, 0.15) is 36.0 Å². The zero-order valence-electron chi connectivity index (χ0n) is 11.3. The number of hydrogen-bond donors (Lipinski definition) is 0. The summed E-state index contributed by atoms with van der Waals surface area (Å²) in [6.07, 6.45) is 4.31. The molecule has 0 heterocycles. The maximum atomic E-state index is 12.7. The topological polar surface area (TPSA) is 54.5 Å². The molecule has 0 saturated heterocycles. The van der Waals surface area contributed by atoms with Crippen LogP contribution < -0.4 is 0 Å². The molecule has 0 radical (unpaired) electrons. The Morgan fingerprint density at radius 1 is 1.24 bits per heavy atom. The van der Waals surface area contributed by atoms with Crippen LogP contribution in [0, 0.1) is 5.92 Å². The van der Waals surface area contributed by atoms with E-state index >= 15 is 0 Å². The number of benzene rings is 1. The van der Waals surface area contributed by atoms with E-state index in [2.05, 4.69) is 0 Å². The molecule has 0 aliphatic heterocycles. The van der Waals surface area contributed by atoms with E-state index < -0.39 is 9.05 Å². The van der Waals surface area contributed by atoms with Gasteiger partial charge in [0.15, 0.2) is 0 Å². The fraction of sp³-hybridized carbons (Fsp3) is 0.500. The lowest BCUT2D eigenvalue weighted by Crippen LogP contribution is -2.35. The van der Waals surface area contributed by atoms with E-state index in [0.717, 1.165) is 32.2 Å². The van der Waals surface area contributed by atoms with Crippen LogP contribution in [0.2, 0.25) is 5.02 Å². The molecule has 0 N–H and O–H groups in total. The van der Waals surface area contributed by atoms with E-state index in [1.54, 1.807) is 0 Å². The Morgan fingerprint density at radius 3 is 2.43 bits per heavy atom. The second kappa shape index (κ2) is 5.45. The molecule has 21 heavy (non-hydrogen) atoms. The SMILES string of the molecule is O=C(c1cc(S(=O)(=O)Cl)ccc1Cl)N(CC1CC1)C1CC1. The van der Waals surface area contributed by atoms with Crippen molar-refractivity contribution in [1.29, 1.82) is 0 Å². The van der Waals surface area contributed by atoms with Crippen LogP contribution in [0.5, 0.6) is 0 Å². The highest BCUT2D eigenvalue weighted by atomic mass is 35.7. The van der Waals surface area contributed by atoms with Gasteiger partial charge in [0.2, 0.25) is 0 Å². The second-order valence-electron chi connectivity index (χ2n) is 5.71. The van der Waals surface area contributed by atoms with Crippen molar-refractivity contribution in [2.24, 2.45) is 5.92 Å². The number of rotatable bonds is 5. The van der Waals surface area contributed by atoms with Crippen molar-refractivity contribution in [2.75, 3.05) is 6.54 Å². The molecule has 0 aromatic heterocycles. The lowest BCUT2D eigenvalue weighted by Gasteiger charge is -2.23. The van der Waals surface area contributed by atoms with Gasteiger partial charge in [-0.15, -0.1) is 0 Å². The molecule has 0 atom stereocenters. The molecule has 3 rings (SSSR count). The largest absolute Gasteiger partial charge is 0.335 e. The van der Waals surface area contributed by atoms with Gasteiger partial charge in [-0.25, -0.2) is 8.42 Å². The summed E-state index contributed by atoms with van der Waals surface area (Å²) in [5.74, 6) is 0.379. The van der Waals surface area contributed by atoms with Gasteiger partial charge in [0.05, 0.1) is 15.5 Å². The van der Waals surface area contributed by atoms with Crippen LogP contribution in [0.4, 0.5) is 0 Å². The minimum absolute atomic E-state index is 0.0981. The number of nitrogens with zero attached hydrogens (tertiary/aromatic N) is 1. The number of carbonyl (C=O) groups is 1. The zero-order chi connectivity index (χ0) is 15.2. The summed E-state index contributed by atoms with van der Waals surface area (Å²) in [6.45, 7) is 0.734. The molecule has 2 aliphatic carbocycles. The Bertz CT molecular complexity index is 681. The first-order chi connectivity index (χ1) is 9.86. The van der Waals surface area contributed by atoms with Gasteiger partial charge >= 0.3 is 0 Å².